The van der Waals surface area contributed by atoms with Crippen LogP contribution >= 0.6 is 0 Å². The maximum absolute atomic E-state index is 14.1. The average Bonchev–Trinajstić information content (AvgIpc) is 2.68. The highest BCUT2D eigenvalue weighted by Crippen LogP contribution is 2.37. The molecule has 1 aromatic heterocycles. The molecule has 1 saturated heterocycles. The Kier molecular flexibility index (Phi) is 3.39. The van der Waals surface area contributed by atoms with Crippen molar-refractivity contribution in [3.05, 3.63) is 27.0 Å². The quantitative estimate of drug-likeness (QED) is 0.452. The number of aliphatic hydroxyl groups is 2. The van der Waals surface area contributed by atoms with Crippen molar-refractivity contribution in [2.45, 2.75) is 24.1 Å². The Bertz CT molecular complexity index is 678. The highest BCUT2D eigenvalue weighted by atomic mass is 19.1. The zero-order valence-corrected chi connectivity index (χ0v) is 10.1. The Labute approximate surface area is 111 Å². The number of halogens is 1. The van der Waals surface area contributed by atoms with Gasteiger partial charge >= 0.3 is 5.69 Å². The fourth-order valence-corrected chi connectivity index (χ4v) is 1.96. The number of nitrogens with two attached hydrogens (primary N) is 1. The number of nitrogen functional groups attached to an aromatic ring is 1. The molecule has 2 heterocycles. The summed E-state index contributed by atoms with van der Waals surface area (Å²) in [5.41, 5.74) is 1.23. The number of nitrogens with zero attached hydrogens (tertiary/aromatic N) is 1. The van der Waals surface area contributed by atoms with Gasteiger partial charge in [0.05, 0.1) is 6.61 Å². The van der Waals surface area contributed by atoms with Crippen LogP contribution in [0.3, 0.4) is 0 Å². The number of aromatic amines is 1. The second-order valence-corrected chi connectivity index (χ2v) is 4.34. The summed E-state index contributed by atoms with van der Waals surface area (Å²) in [6, 6.07) is 0. The number of terminal acetylenes is 1. The number of hydrogen-bond acceptors (Lipinski definition) is 6. The van der Waals surface area contributed by atoms with Crippen molar-refractivity contribution in [2.24, 2.45) is 0 Å². The van der Waals surface area contributed by atoms with Crippen molar-refractivity contribution in [1.82, 2.24) is 9.55 Å². The number of anilines is 1. The summed E-state index contributed by atoms with van der Waals surface area (Å²) in [4.78, 5) is 24.6. The van der Waals surface area contributed by atoms with Gasteiger partial charge in [0, 0.05) is 6.20 Å². The minimum atomic E-state index is -2.08. The summed E-state index contributed by atoms with van der Waals surface area (Å²) in [5, 5.41) is 18.9. The fourth-order valence-electron chi connectivity index (χ4n) is 1.96. The van der Waals surface area contributed by atoms with Gasteiger partial charge in [-0.3, -0.25) is 14.3 Å². The van der Waals surface area contributed by atoms with Gasteiger partial charge in [0.2, 0.25) is 0 Å². The number of ether oxygens (including phenoxy) is 1. The van der Waals surface area contributed by atoms with Crippen LogP contribution in [0.5, 0.6) is 0 Å². The van der Waals surface area contributed by atoms with Gasteiger partial charge in [0.25, 0.3) is 5.56 Å². The average molecular weight is 285 g/mol. The van der Waals surface area contributed by atoms with E-state index in [1.54, 1.807) is 0 Å². The topological polar surface area (TPSA) is 131 Å². The van der Waals surface area contributed by atoms with E-state index in [0.717, 1.165) is 6.20 Å². The summed E-state index contributed by atoms with van der Waals surface area (Å²) < 4.78 is 19.8. The number of H-pyrrole nitrogens is 1. The Morgan fingerprint density at radius 2 is 2.30 bits per heavy atom. The lowest BCUT2D eigenvalue weighted by atomic mass is 9.98. The lowest BCUT2D eigenvalue weighted by Crippen LogP contribution is -2.44. The van der Waals surface area contributed by atoms with E-state index in [2.05, 4.69) is 0 Å². The lowest BCUT2D eigenvalue weighted by Gasteiger charge is -2.23. The highest BCUT2D eigenvalue weighted by molar-refractivity contribution is 5.30. The molecule has 0 radical (unpaired) electrons. The summed E-state index contributed by atoms with van der Waals surface area (Å²) in [6.07, 6.45) is 0.492. The summed E-state index contributed by atoms with van der Waals surface area (Å²) in [5.74, 6) is 1.97. The molecule has 1 aliphatic heterocycles. The van der Waals surface area contributed by atoms with Gasteiger partial charge in [0.15, 0.2) is 18.0 Å². The first-order chi connectivity index (χ1) is 9.36. The van der Waals surface area contributed by atoms with Crippen LogP contribution in [0.25, 0.3) is 0 Å². The molecule has 0 amide bonds. The van der Waals surface area contributed by atoms with Crippen LogP contribution in [-0.4, -0.2) is 44.2 Å². The number of aromatic nitrogens is 2. The van der Waals surface area contributed by atoms with Crippen molar-refractivity contribution in [1.29, 1.82) is 0 Å². The summed E-state index contributed by atoms with van der Waals surface area (Å²) in [7, 11) is 0. The molecule has 1 aliphatic rings. The molecule has 0 spiro atoms. The Balaban J connectivity index is 2.51. The molecule has 0 unspecified atom stereocenters. The monoisotopic (exact) mass is 285 g/mol. The standard InChI is InChI=1S/C11H12FN3O5/c1-2-11(4-16)7(17)6(12)9(20-11)15-3-5(13)8(18)14-10(15)19/h1,3,6-7,9,16-17H,4,13H2,(H,14,18,19)/t6-,7-,9+,11+/m0/s1. The molecule has 0 aromatic carbocycles. The van der Waals surface area contributed by atoms with Crippen molar-refractivity contribution in [3.63, 3.8) is 0 Å². The van der Waals surface area contributed by atoms with Gasteiger partial charge in [-0.25, -0.2) is 9.18 Å². The van der Waals surface area contributed by atoms with Crippen LogP contribution in [0.4, 0.5) is 10.1 Å². The second kappa shape index (κ2) is 4.75. The molecule has 9 heteroatoms. The maximum Gasteiger partial charge on any atom is 0.330 e. The third-order valence-electron chi connectivity index (χ3n) is 3.13. The number of nitrogens with one attached hydrogen (secondary N) is 1. The van der Waals surface area contributed by atoms with Crippen LogP contribution in [0.2, 0.25) is 0 Å². The molecule has 4 atom stereocenters. The lowest BCUT2D eigenvalue weighted by molar-refractivity contribution is -0.0922. The molecule has 5 N–H and O–H groups in total. The van der Waals surface area contributed by atoms with Crippen LogP contribution < -0.4 is 17.0 Å². The SMILES string of the molecule is C#C[C@]1(CO)O[C@@H](n2cc(N)c(=O)[nH]c2=O)[C@@H](F)[C@@H]1O. The van der Waals surface area contributed by atoms with Crippen molar-refractivity contribution < 1.29 is 19.3 Å². The van der Waals surface area contributed by atoms with Crippen molar-refractivity contribution in [2.75, 3.05) is 12.3 Å². The maximum atomic E-state index is 14.1. The van der Waals surface area contributed by atoms with Gasteiger partial charge < -0.3 is 20.7 Å². The number of aliphatic hydroxyl groups excluding tert-OH is 2. The summed E-state index contributed by atoms with van der Waals surface area (Å²) in [6.45, 7) is -0.838. The normalized spacial score (nSPS) is 33.0. The first-order valence-corrected chi connectivity index (χ1v) is 5.56. The number of alkyl halides is 1. The van der Waals surface area contributed by atoms with E-state index in [9.17, 15) is 24.2 Å². The molecule has 108 valence electrons. The largest absolute Gasteiger partial charge is 0.393 e. The van der Waals surface area contributed by atoms with Crippen LogP contribution in [0.1, 0.15) is 6.23 Å². The predicted octanol–water partition coefficient (Wildman–Crippen LogP) is -2.29. The first-order valence-electron chi connectivity index (χ1n) is 5.56. The van der Waals surface area contributed by atoms with Gasteiger partial charge in [-0.15, -0.1) is 6.42 Å². The Morgan fingerprint density at radius 3 is 2.80 bits per heavy atom. The molecule has 0 aliphatic carbocycles. The number of rotatable bonds is 2. The van der Waals surface area contributed by atoms with Crippen LogP contribution in [0, 0.1) is 12.3 Å². The molecule has 0 bridgehead atoms. The second-order valence-electron chi connectivity index (χ2n) is 4.34. The zero-order chi connectivity index (χ0) is 15.1. The molecule has 20 heavy (non-hydrogen) atoms. The third-order valence-corrected chi connectivity index (χ3v) is 3.13. The molecule has 2 rings (SSSR count). The van der Waals surface area contributed by atoms with Crippen molar-refractivity contribution in [3.8, 4) is 12.3 Å². The fraction of sp³-hybridized carbons (Fsp3) is 0.455. The Hall–Kier alpha value is -2.15. The first kappa shape index (κ1) is 14.3. The minimum absolute atomic E-state index is 0.336. The van der Waals surface area contributed by atoms with E-state index in [4.69, 9.17) is 16.9 Å². The van der Waals surface area contributed by atoms with E-state index < -0.39 is 42.0 Å². The van der Waals surface area contributed by atoms with E-state index in [1.807, 2.05) is 10.9 Å². The smallest absolute Gasteiger partial charge is 0.330 e. The zero-order valence-electron chi connectivity index (χ0n) is 10.1. The van der Waals surface area contributed by atoms with Gasteiger partial charge in [-0.2, -0.15) is 0 Å². The number of hydrogen-bond donors (Lipinski definition) is 4. The molecule has 0 saturated carbocycles. The highest BCUT2D eigenvalue weighted by Gasteiger charge is 2.55. The summed E-state index contributed by atoms with van der Waals surface area (Å²) >= 11 is 0. The van der Waals surface area contributed by atoms with Gasteiger partial charge in [-0.1, -0.05) is 5.92 Å². The van der Waals surface area contributed by atoms with E-state index in [1.165, 1.54) is 0 Å². The molecule has 8 nitrogen and oxygen atoms in total. The molecule has 1 fully saturated rings. The third kappa shape index (κ3) is 1.90. The van der Waals surface area contributed by atoms with Crippen LogP contribution in [0.15, 0.2) is 15.8 Å². The van der Waals surface area contributed by atoms with Gasteiger partial charge in [0.1, 0.15) is 11.8 Å². The van der Waals surface area contributed by atoms with E-state index >= 15 is 0 Å². The van der Waals surface area contributed by atoms with Crippen LogP contribution in [-0.2, 0) is 4.74 Å². The molecular formula is C11H12FN3O5. The molecular weight excluding hydrogens is 273 g/mol. The minimum Gasteiger partial charge on any atom is -0.393 e. The van der Waals surface area contributed by atoms with Gasteiger partial charge in [-0.05, 0) is 0 Å². The Morgan fingerprint density at radius 1 is 1.65 bits per heavy atom. The molecule has 1 aromatic rings. The van der Waals surface area contributed by atoms with Crippen molar-refractivity contribution >= 4 is 5.69 Å². The predicted molar refractivity (Wildman–Crippen MR) is 65.4 cm³/mol. The van der Waals surface area contributed by atoms with E-state index in [-0.39, 0.29) is 5.69 Å². The van der Waals surface area contributed by atoms with E-state index in [0.29, 0.717) is 4.57 Å².